The van der Waals surface area contributed by atoms with Gasteiger partial charge in [0.05, 0.1) is 0 Å². The van der Waals surface area contributed by atoms with Gasteiger partial charge in [0.15, 0.2) is 0 Å². The van der Waals surface area contributed by atoms with Gasteiger partial charge in [-0.3, -0.25) is 4.90 Å². The number of likely N-dealkylation sites (N-methyl/N-ethyl adjacent to an activating group) is 2. The van der Waals surface area contributed by atoms with Crippen molar-refractivity contribution in [2.45, 2.75) is 38.9 Å². The molecule has 96 valence electrons. The van der Waals surface area contributed by atoms with Crippen molar-refractivity contribution in [3.05, 3.63) is 35.6 Å². The third-order valence-corrected chi connectivity index (χ3v) is 3.43. The van der Waals surface area contributed by atoms with Crippen LogP contribution >= 0.6 is 0 Å². The minimum absolute atomic E-state index is 0.175. The van der Waals surface area contributed by atoms with Crippen LogP contribution in [0.3, 0.4) is 0 Å². The van der Waals surface area contributed by atoms with E-state index in [1.54, 1.807) is 0 Å². The molecule has 0 aromatic heterocycles. The molecule has 2 atom stereocenters. The van der Waals surface area contributed by atoms with Crippen LogP contribution < -0.4 is 5.32 Å². The summed E-state index contributed by atoms with van der Waals surface area (Å²) in [4.78, 5) is 2.29. The van der Waals surface area contributed by atoms with Crippen molar-refractivity contribution in [2.75, 3.05) is 14.1 Å². The molecule has 17 heavy (non-hydrogen) atoms. The van der Waals surface area contributed by atoms with Gasteiger partial charge in [-0.05, 0) is 45.1 Å². The number of halogens is 1. The summed E-state index contributed by atoms with van der Waals surface area (Å²) in [6.45, 7) is 5.25. The van der Waals surface area contributed by atoms with Gasteiger partial charge in [-0.25, -0.2) is 4.39 Å². The summed E-state index contributed by atoms with van der Waals surface area (Å²) in [7, 11) is 4.10. The lowest BCUT2D eigenvalue weighted by Crippen LogP contribution is -2.44. The third-order valence-electron chi connectivity index (χ3n) is 3.43. The van der Waals surface area contributed by atoms with Crippen molar-refractivity contribution in [1.29, 1.82) is 0 Å². The lowest BCUT2D eigenvalue weighted by Gasteiger charge is -2.31. The zero-order valence-electron chi connectivity index (χ0n) is 11.2. The first-order valence-electron chi connectivity index (χ1n) is 6.20. The highest BCUT2D eigenvalue weighted by Crippen LogP contribution is 2.11. The van der Waals surface area contributed by atoms with Gasteiger partial charge in [-0.15, -0.1) is 0 Å². The summed E-state index contributed by atoms with van der Waals surface area (Å²) in [5.41, 5.74) is 1.15. The molecule has 0 aliphatic heterocycles. The van der Waals surface area contributed by atoms with E-state index in [0.717, 1.165) is 18.5 Å². The third kappa shape index (κ3) is 4.10. The topological polar surface area (TPSA) is 15.3 Å². The van der Waals surface area contributed by atoms with E-state index in [2.05, 4.69) is 31.1 Å². The van der Waals surface area contributed by atoms with Gasteiger partial charge < -0.3 is 5.32 Å². The Hall–Kier alpha value is -0.930. The minimum atomic E-state index is -0.175. The van der Waals surface area contributed by atoms with Crippen molar-refractivity contribution in [3.63, 3.8) is 0 Å². The molecule has 1 aromatic carbocycles. The molecule has 2 nitrogen and oxygen atoms in total. The van der Waals surface area contributed by atoms with Gasteiger partial charge in [0.1, 0.15) is 5.82 Å². The monoisotopic (exact) mass is 238 g/mol. The molecule has 0 saturated carbocycles. The van der Waals surface area contributed by atoms with Crippen LogP contribution in [0.25, 0.3) is 0 Å². The molecule has 0 spiro atoms. The molecule has 0 aliphatic carbocycles. The average molecular weight is 238 g/mol. The number of nitrogens with zero attached hydrogens (tertiary/aromatic N) is 1. The molecule has 1 rings (SSSR count). The van der Waals surface area contributed by atoms with E-state index in [0.29, 0.717) is 12.1 Å². The Morgan fingerprint density at radius 1 is 1.29 bits per heavy atom. The fraction of sp³-hybridized carbons (Fsp3) is 0.571. The second-order valence-corrected chi connectivity index (χ2v) is 4.59. The number of benzene rings is 1. The highest BCUT2D eigenvalue weighted by molar-refractivity contribution is 5.15. The van der Waals surface area contributed by atoms with E-state index in [1.165, 1.54) is 12.1 Å². The maximum absolute atomic E-state index is 12.8. The molecule has 0 radical (unpaired) electrons. The summed E-state index contributed by atoms with van der Waals surface area (Å²) in [5.74, 6) is -0.175. The second kappa shape index (κ2) is 6.72. The summed E-state index contributed by atoms with van der Waals surface area (Å²) in [6.07, 6.45) is 1.10. The fourth-order valence-electron chi connectivity index (χ4n) is 2.12. The van der Waals surface area contributed by atoms with Crippen LogP contribution in [0.5, 0.6) is 0 Å². The Balaban J connectivity index is 2.58. The van der Waals surface area contributed by atoms with Crippen molar-refractivity contribution in [3.8, 4) is 0 Å². The standard InChI is InChI=1S/C14H23FN2/c1-5-14(16-3)11(2)17(4)10-12-6-8-13(15)9-7-12/h6-9,11,14,16H,5,10H2,1-4H3. The Labute approximate surface area is 104 Å². The number of hydrogen-bond donors (Lipinski definition) is 1. The molecule has 0 heterocycles. The van der Waals surface area contributed by atoms with E-state index >= 15 is 0 Å². The average Bonchev–Trinajstić information content (AvgIpc) is 2.33. The van der Waals surface area contributed by atoms with Crippen LogP contribution in [0.15, 0.2) is 24.3 Å². The Morgan fingerprint density at radius 2 is 1.88 bits per heavy atom. The molecule has 1 aromatic rings. The molecule has 0 bridgehead atoms. The minimum Gasteiger partial charge on any atom is -0.315 e. The van der Waals surface area contributed by atoms with E-state index in [1.807, 2.05) is 19.2 Å². The van der Waals surface area contributed by atoms with Crippen molar-refractivity contribution < 1.29 is 4.39 Å². The molecular weight excluding hydrogens is 215 g/mol. The zero-order chi connectivity index (χ0) is 12.8. The zero-order valence-corrected chi connectivity index (χ0v) is 11.2. The molecule has 0 aliphatic rings. The van der Waals surface area contributed by atoms with E-state index in [4.69, 9.17) is 0 Å². The van der Waals surface area contributed by atoms with Crippen LogP contribution in [0.4, 0.5) is 4.39 Å². The number of hydrogen-bond acceptors (Lipinski definition) is 2. The first-order valence-corrected chi connectivity index (χ1v) is 6.20. The predicted molar refractivity (Wildman–Crippen MR) is 70.5 cm³/mol. The van der Waals surface area contributed by atoms with E-state index < -0.39 is 0 Å². The molecule has 3 heteroatoms. The van der Waals surface area contributed by atoms with Crippen molar-refractivity contribution >= 4 is 0 Å². The van der Waals surface area contributed by atoms with Crippen LogP contribution in [0, 0.1) is 5.82 Å². The summed E-state index contributed by atoms with van der Waals surface area (Å²) >= 11 is 0. The molecule has 0 fully saturated rings. The summed E-state index contributed by atoms with van der Waals surface area (Å²) in [5, 5.41) is 3.33. The van der Waals surface area contributed by atoms with Crippen LogP contribution in [0.2, 0.25) is 0 Å². The van der Waals surface area contributed by atoms with Crippen molar-refractivity contribution in [2.24, 2.45) is 0 Å². The second-order valence-electron chi connectivity index (χ2n) is 4.59. The molecular formula is C14H23FN2. The number of rotatable bonds is 6. The predicted octanol–water partition coefficient (Wildman–Crippen LogP) is 2.64. The van der Waals surface area contributed by atoms with Gasteiger partial charge in [-0.1, -0.05) is 19.1 Å². The van der Waals surface area contributed by atoms with Gasteiger partial charge in [0.2, 0.25) is 0 Å². The van der Waals surface area contributed by atoms with Crippen LogP contribution in [-0.4, -0.2) is 31.1 Å². The maximum atomic E-state index is 12.8. The lowest BCUT2D eigenvalue weighted by atomic mass is 10.1. The SMILES string of the molecule is CCC(NC)C(C)N(C)Cc1ccc(F)cc1. The maximum Gasteiger partial charge on any atom is 0.123 e. The highest BCUT2D eigenvalue weighted by atomic mass is 19.1. The normalized spacial score (nSPS) is 14.9. The highest BCUT2D eigenvalue weighted by Gasteiger charge is 2.17. The van der Waals surface area contributed by atoms with Gasteiger partial charge in [0.25, 0.3) is 0 Å². The Bertz CT molecular complexity index is 319. The van der Waals surface area contributed by atoms with E-state index in [9.17, 15) is 4.39 Å². The first kappa shape index (κ1) is 14.1. The fourth-order valence-corrected chi connectivity index (χ4v) is 2.12. The summed E-state index contributed by atoms with van der Waals surface area (Å²) in [6, 6.07) is 7.67. The van der Waals surface area contributed by atoms with Gasteiger partial charge >= 0.3 is 0 Å². The van der Waals surface area contributed by atoms with Crippen LogP contribution in [-0.2, 0) is 6.54 Å². The Morgan fingerprint density at radius 3 is 2.35 bits per heavy atom. The molecule has 1 N–H and O–H groups in total. The van der Waals surface area contributed by atoms with Crippen LogP contribution in [0.1, 0.15) is 25.8 Å². The van der Waals surface area contributed by atoms with Crippen molar-refractivity contribution in [1.82, 2.24) is 10.2 Å². The summed E-state index contributed by atoms with van der Waals surface area (Å²) < 4.78 is 12.8. The van der Waals surface area contributed by atoms with Gasteiger partial charge in [0, 0.05) is 18.6 Å². The van der Waals surface area contributed by atoms with E-state index in [-0.39, 0.29) is 5.82 Å². The quantitative estimate of drug-likeness (QED) is 0.819. The molecule has 0 saturated heterocycles. The molecule has 0 amide bonds. The molecule has 2 unspecified atom stereocenters. The number of nitrogens with one attached hydrogen (secondary N) is 1. The lowest BCUT2D eigenvalue weighted by molar-refractivity contribution is 0.200. The smallest absolute Gasteiger partial charge is 0.123 e. The first-order chi connectivity index (χ1) is 8.08. The largest absolute Gasteiger partial charge is 0.315 e. The van der Waals surface area contributed by atoms with Gasteiger partial charge in [-0.2, -0.15) is 0 Å². The Kier molecular flexibility index (Phi) is 5.59.